The quantitative estimate of drug-likeness (QED) is 0.461. The number of methoxy groups -OCH3 is 1. The predicted molar refractivity (Wildman–Crippen MR) is 71.5 cm³/mol. The Balaban J connectivity index is 2.01. The maximum atomic E-state index is 9.54. The van der Waals surface area contributed by atoms with Crippen LogP contribution in [0.3, 0.4) is 0 Å². The zero-order valence-electron chi connectivity index (χ0n) is 11.7. The van der Waals surface area contributed by atoms with Gasteiger partial charge in [-0.25, -0.2) is 0 Å². The van der Waals surface area contributed by atoms with Crippen LogP contribution in [0.5, 0.6) is 0 Å². The van der Waals surface area contributed by atoms with E-state index in [-0.39, 0.29) is 6.23 Å². The number of aliphatic hydroxyl groups is 1. The number of nitrogens with zero attached hydrogens (tertiary/aromatic N) is 1. The molecule has 1 aliphatic heterocycles. The molecule has 0 aliphatic carbocycles. The van der Waals surface area contributed by atoms with Crippen molar-refractivity contribution in [3.8, 4) is 0 Å². The monoisotopic (exact) mass is 260 g/mol. The van der Waals surface area contributed by atoms with E-state index < -0.39 is 0 Å². The van der Waals surface area contributed by atoms with Crippen molar-refractivity contribution in [2.24, 2.45) is 5.92 Å². The van der Waals surface area contributed by atoms with E-state index in [1.165, 1.54) is 12.8 Å². The van der Waals surface area contributed by atoms with Gasteiger partial charge in [0.15, 0.2) is 0 Å². The Kier molecular flexibility index (Phi) is 8.54. The first-order chi connectivity index (χ1) is 8.76. The number of hydrogen-bond acceptors (Lipinski definition) is 5. The molecule has 1 heterocycles. The van der Waals surface area contributed by atoms with E-state index in [1.807, 2.05) is 0 Å². The molecular formula is C13H28N2O3. The van der Waals surface area contributed by atoms with E-state index in [0.717, 1.165) is 32.7 Å². The van der Waals surface area contributed by atoms with E-state index in [2.05, 4.69) is 10.2 Å². The van der Waals surface area contributed by atoms with E-state index in [9.17, 15) is 5.11 Å². The number of ether oxygens (including phenoxy) is 2. The van der Waals surface area contributed by atoms with Crippen LogP contribution < -0.4 is 5.32 Å². The number of likely N-dealkylation sites (tertiary alicyclic amines) is 1. The fourth-order valence-corrected chi connectivity index (χ4v) is 2.32. The Morgan fingerprint density at radius 1 is 1.28 bits per heavy atom. The summed E-state index contributed by atoms with van der Waals surface area (Å²) >= 11 is 0. The molecule has 18 heavy (non-hydrogen) atoms. The molecule has 108 valence electrons. The highest BCUT2D eigenvalue weighted by Gasteiger charge is 2.20. The lowest BCUT2D eigenvalue weighted by Crippen LogP contribution is -2.38. The van der Waals surface area contributed by atoms with Gasteiger partial charge in [0.05, 0.1) is 19.8 Å². The number of aliphatic hydroxyl groups excluding tert-OH is 1. The van der Waals surface area contributed by atoms with Gasteiger partial charge in [0.1, 0.15) is 6.23 Å². The maximum absolute atomic E-state index is 9.54. The summed E-state index contributed by atoms with van der Waals surface area (Å²) in [6.07, 6.45) is 2.88. The first-order valence-corrected chi connectivity index (χ1v) is 6.90. The van der Waals surface area contributed by atoms with Crippen molar-refractivity contribution in [1.82, 2.24) is 10.2 Å². The Labute approximate surface area is 110 Å². The molecule has 0 amide bonds. The van der Waals surface area contributed by atoms with Gasteiger partial charge < -0.3 is 19.5 Å². The van der Waals surface area contributed by atoms with Crippen molar-refractivity contribution in [3.05, 3.63) is 0 Å². The predicted octanol–water partition coefficient (Wildman–Crippen LogP) is 0.289. The molecule has 0 spiro atoms. The summed E-state index contributed by atoms with van der Waals surface area (Å²) in [5.74, 6) is 0.651. The fraction of sp³-hybridized carbons (Fsp3) is 1.00. The molecular weight excluding hydrogens is 232 g/mol. The summed E-state index contributed by atoms with van der Waals surface area (Å²) in [7, 11) is 3.49. The zero-order chi connectivity index (χ0) is 13.2. The molecule has 0 bridgehead atoms. The number of nitrogens with one attached hydrogen (secondary N) is 1. The Hall–Kier alpha value is -0.200. The maximum Gasteiger partial charge on any atom is 0.104 e. The standard InChI is InChI=1S/C13H28N2O3/c1-14-13(16)11-12-3-5-15(6-4-12)7-8-18-10-9-17-2/h12-14,16H,3-11H2,1-2H3. The number of rotatable bonds is 9. The summed E-state index contributed by atoms with van der Waals surface area (Å²) in [5, 5.41) is 12.4. The summed E-state index contributed by atoms with van der Waals surface area (Å²) in [5.41, 5.74) is 0. The van der Waals surface area contributed by atoms with Gasteiger partial charge in [-0.1, -0.05) is 0 Å². The minimum atomic E-state index is -0.348. The van der Waals surface area contributed by atoms with Gasteiger partial charge in [0.25, 0.3) is 0 Å². The summed E-state index contributed by atoms with van der Waals surface area (Å²) in [6, 6.07) is 0. The molecule has 1 fully saturated rings. The van der Waals surface area contributed by atoms with Gasteiger partial charge in [-0.3, -0.25) is 5.32 Å². The van der Waals surface area contributed by atoms with Crippen molar-refractivity contribution in [2.75, 3.05) is 53.6 Å². The van der Waals surface area contributed by atoms with Gasteiger partial charge in [0.2, 0.25) is 0 Å². The van der Waals surface area contributed by atoms with E-state index in [1.54, 1.807) is 14.2 Å². The number of piperidine rings is 1. The highest BCUT2D eigenvalue weighted by atomic mass is 16.5. The third-order valence-corrected chi connectivity index (χ3v) is 3.58. The average molecular weight is 260 g/mol. The van der Waals surface area contributed by atoms with Crippen LogP contribution in [0.4, 0.5) is 0 Å². The summed E-state index contributed by atoms with van der Waals surface area (Å²) in [6.45, 7) is 5.38. The fourth-order valence-electron chi connectivity index (χ4n) is 2.32. The lowest BCUT2D eigenvalue weighted by Gasteiger charge is -2.32. The average Bonchev–Trinajstić information content (AvgIpc) is 2.40. The molecule has 5 heteroatoms. The van der Waals surface area contributed by atoms with Gasteiger partial charge in [-0.2, -0.15) is 0 Å². The third-order valence-electron chi connectivity index (χ3n) is 3.58. The van der Waals surface area contributed by atoms with Crippen molar-refractivity contribution in [3.63, 3.8) is 0 Å². The second-order valence-corrected chi connectivity index (χ2v) is 4.93. The molecule has 1 aliphatic rings. The Morgan fingerprint density at radius 3 is 2.61 bits per heavy atom. The van der Waals surface area contributed by atoms with Crippen LogP contribution in [-0.4, -0.2) is 69.8 Å². The van der Waals surface area contributed by atoms with Crippen LogP contribution in [0.2, 0.25) is 0 Å². The summed E-state index contributed by atoms with van der Waals surface area (Å²) < 4.78 is 10.4. The van der Waals surface area contributed by atoms with Crippen molar-refractivity contribution >= 4 is 0 Å². The van der Waals surface area contributed by atoms with Crippen LogP contribution in [0.15, 0.2) is 0 Å². The highest BCUT2D eigenvalue weighted by molar-refractivity contribution is 4.73. The molecule has 0 aromatic heterocycles. The van der Waals surface area contributed by atoms with Gasteiger partial charge in [-0.15, -0.1) is 0 Å². The molecule has 2 N–H and O–H groups in total. The van der Waals surface area contributed by atoms with Crippen LogP contribution >= 0.6 is 0 Å². The third kappa shape index (κ3) is 6.66. The molecule has 0 aromatic rings. The number of hydrogen-bond donors (Lipinski definition) is 2. The molecule has 1 unspecified atom stereocenters. The topological polar surface area (TPSA) is 54.0 Å². The molecule has 5 nitrogen and oxygen atoms in total. The molecule has 0 radical (unpaired) electrons. The van der Waals surface area contributed by atoms with Gasteiger partial charge in [0, 0.05) is 13.7 Å². The molecule has 0 saturated carbocycles. The van der Waals surface area contributed by atoms with Crippen LogP contribution in [0.1, 0.15) is 19.3 Å². The first kappa shape index (κ1) is 15.9. The van der Waals surface area contributed by atoms with Crippen LogP contribution in [0, 0.1) is 5.92 Å². The van der Waals surface area contributed by atoms with Gasteiger partial charge in [-0.05, 0) is 45.3 Å². The van der Waals surface area contributed by atoms with E-state index >= 15 is 0 Å². The lowest BCUT2D eigenvalue weighted by atomic mass is 9.93. The molecule has 0 aromatic carbocycles. The van der Waals surface area contributed by atoms with Crippen molar-refractivity contribution < 1.29 is 14.6 Å². The van der Waals surface area contributed by atoms with E-state index in [4.69, 9.17) is 9.47 Å². The van der Waals surface area contributed by atoms with Crippen LogP contribution in [-0.2, 0) is 9.47 Å². The minimum absolute atomic E-state index is 0.348. The van der Waals surface area contributed by atoms with E-state index in [0.29, 0.717) is 19.1 Å². The summed E-state index contributed by atoms with van der Waals surface area (Å²) in [4.78, 5) is 2.44. The minimum Gasteiger partial charge on any atom is -0.382 e. The van der Waals surface area contributed by atoms with Crippen molar-refractivity contribution in [2.45, 2.75) is 25.5 Å². The second kappa shape index (κ2) is 9.69. The SMILES string of the molecule is CNC(O)CC1CCN(CCOCCOC)CC1. The largest absolute Gasteiger partial charge is 0.382 e. The second-order valence-electron chi connectivity index (χ2n) is 4.93. The van der Waals surface area contributed by atoms with Gasteiger partial charge >= 0.3 is 0 Å². The molecule has 1 saturated heterocycles. The first-order valence-electron chi connectivity index (χ1n) is 6.90. The molecule has 1 rings (SSSR count). The normalized spacial score (nSPS) is 20.2. The van der Waals surface area contributed by atoms with Crippen LogP contribution in [0.25, 0.3) is 0 Å². The Bertz CT molecular complexity index is 197. The highest BCUT2D eigenvalue weighted by Crippen LogP contribution is 2.21. The zero-order valence-corrected chi connectivity index (χ0v) is 11.7. The van der Waals surface area contributed by atoms with Crippen molar-refractivity contribution in [1.29, 1.82) is 0 Å². The molecule has 1 atom stereocenters. The Morgan fingerprint density at radius 2 is 2.00 bits per heavy atom. The lowest BCUT2D eigenvalue weighted by molar-refractivity contribution is 0.0456. The smallest absolute Gasteiger partial charge is 0.104 e.